The lowest BCUT2D eigenvalue weighted by atomic mass is 9.87. The Hall–Kier alpha value is -1.88. The zero-order valence-electron chi connectivity index (χ0n) is 14.7. The van der Waals surface area contributed by atoms with E-state index in [1.807, 2.05) is 13.0 Å². The number of halogens is 2. The van der Waals surface area contributed by atoms with Gasteiger partial charge in [0, 0.05) is 12.6 Å². The summed E-state index contributed by atoms with van der Waals surface area (Å²) in [5.41, 5.74) is 11.0. The number of aryl methyl sites for hydroxylation is 1. The quantitative estimate of drug-likeness (QED) is 0.709. The van der Waals surface area contributed by atoms with Crippen LogP contribution in [0.25, 0.3) is 0 Å². The Balaban J connectivity index is 0.00000121. The van der Waals surface area contributed by atoms with Gasteiger partial charge in [-0.15, -0.1) is 24.8 Å². The van der Waals surface area contributed by atoms with Crippen molar-refractivity contribution in [1.82, 2.24) is 5.32 Å². The first kappa shape index (κ1) is 20.4. The van der Waals surface area contributed by atoms with E-state index in [4.69, 9.17) is 10.5 Å². The Bertz CT molecular complexity index is 807. The van der Waals surface area contributed by atoms with Crippen molar-refractivity contribution >= 4 is 30.5 Å². The van der Waals surface area contributed by atoms with Gasteiger partial charge in [-0.05, 0) is 55.0 Å². The van der Waals surface area contributed by atoms with Gasteiger partial charge in [-0.2, -0.15) is 0 Å². The van der Waals surface area contributed by atoms with Crippen molar-refractivity contribution in [2.45, 2.75) is 38.8 Å². The summed E-state index contributed by atoms with van der Waals surface area (Å²) < 4.78 is 5.71. The first-order chi connectivity index (χ1) is 11.7. The van der Waals surface area contributed by atoms with Gasteiger partial charge >= 0.3 is 0 Å². The summed E-state index contributed by atoms with van der Waals surface area (Å²) in [6, 6.07) is 15.4. The molecule has 1 aliphatic carbocycles. The molecule has 4 nitrogen and oxygen atoms in total. The maximum atomic E-state index is 5.92. The lowest BCUT2D eigenvalue weighted by molar-refractivity contribution is 0.415. The molecule has 2 aliphatic rings. The fourth-order valence-electron chi connectivity index (χ4n) is 3.53. The molecule has 1 heterocycles. The molecule has 26 heavy (non-hydrogen) atoms. The zero-order chi connectivity index (χ0) is 16.5. The van der Waals surface area contributed by atoms with Crippen molar-refractivity contribution in [3.8, 4) is 5.75 Å². The third kappa shape index (κ3) is 4.09. The van der Waals surface area contributed by atoms with Crippen LogP contribution < -0.4 is 21.1 Å². The largest absolute Gasteiger partial charge is 0.456 e. The second kappa shape index (κ2) is 8.67. The van der Waals surface area contributed by atoms with E-state index in [-0.39, 0.29) is 24.8 Å². The molecule has 4 rings (SSSR count). The first-order valence-electron chi connectivity index (χ1n) is 8.56. The molecule has 0 spiro atoms. The van der Waals surface area contributed by atoms with Crippen LogP contribution in [0.3, 0.4) is 0 Å². The lowest BCUT2D eigenvalue weighted by Gasteiger charge is -2.27. The predicted octanol–water partition coefficient (Wildman–Crippen LogP) is 4.65. The molecule has 0 amide bonds. The zero-order valence-corrected chi connectivity index (χ0v) is 16.4. The van der Waals surface area contributed by atoms with Gasteiger partial charge in [0.2, 0.25) is 0 Å². The summed E-state index contributed by atoms with van der Waals surface area (Å²) in [7, 11) is 0. The summed E-state index contributed by atoms with van der Waals surface area (Å²) in [6.07, 6.45) is 3.63. The minimum Gasteiger partial charge on any atom is -0.456 e. The maximum Gasteiger partial charge on any atom is 0.150 e. The number of allylic oxidation sites excluding steroid dienone is 1. The molecule has 1 unspecified atom stereocenters. The topological polar surface area (TPSA) is 59.3 Å². The van der Waals surface area contributed by atoms with Crippen LogP contribution in [0.1, 0.15) is 42.5 Å². The molecule has 0 radical (unpaired) electrons. The van der Waals surface area contributed by atoms with Crippen LogP contribution in [0, 0.1) is 0 Å². The molecule has 2 aromatic carbocycles. The molecule has 6 heteroatoms. The smallest absolute Gasteiger partial charge is 0.150 e. The van der Waals surface area contributed by atoms with E-state index < -0.39 is 0 Å². The Morgan fingerprint density at radius 1 is 1.19 bits per heavy atom. The lowest BCUT2D eigenvalue weighted by Crippen LogP contribution is -2.25. The van der Waals surface area contributed by atoms with E-state index in [9.17, 15) is 0 Å². The average molecular weight is 394 g/mol. The van der Waals surface area contributed by atoms with Crippen molar-refractivity contribution in [3.05, 3.63) is 70.7 Å². The monoisotopic (exact) mass is 393 g/mol. The summed E-state index contributed by atoms with van der Waals surface area (Å²) >= 11 is 0. The van der Waals surface area contributed by atoms with Gasteiger partial charge in [0.25, 0.3) is 0 Å². The molecule has 140 valence electrons. The number of hydrogen-bond donors (Lipinski definition) is 3. The minimum atomic E-state index is 0. The normalized spacial score (nSPS) is 17.7. The van der Waals surface area contributed by atoms with Crippen LogP contribution in [0.15, 0.2) is 54.0 Å². The van der Waals surface area contributed by atoms with Gasteiger partial charge in [-0.1, -0.05) is 30.3 Å². The third-order valence-electron chi connectivity index (χ3n) is 4.88. The molecular formula is C20H25Cl2N3O. The van der Waals surface area contributed by atoms with E-state index in [0.717, 1.165) is 18.0 Å². The molecule has 0 bridgehead atoms. The maximum absolute atomic E-state index is 5.92. The number of nitrogens with two attached hydrogens (primary N) is 1. The summed E-state index contributed by atoms with van der Waals surface area (Å²) in [4.78, 5) is 0. The van der Waals surface area contributed by atoms with Gasteiger partial charge in [-0.25, -0.2) is 0 Å². The van der Waals surface area contributed by atoms with Gasteiger partial charge < -0.3 is 21.1 Å². The SMILES string of the molecule is CC1=C(N)Nc2cc(CNC3CCCc4ccccc43)ccc2O1.Cl.Cl. The van der Waals surface area contributed by atoms with Crippen LogP contribution in [-0.4, -0.2) is 0 Å². The van der Waals surface area contributed by atoms with Crippen LogP contribution in [0.4, 0.5) is 5.69 Å². The van der Waals surface area contributed by atoms with Crippen molar-refractivity contribution in [2.75, 3.05) is 5.32 Å². The second-order valence-electron chi connectivity index (χ2n) is 6.55. The summed E-state index contributed by atoms with van der Waals surface area (Å²) in [5.74, 6) is 2.12. The molecule has 0 fully saturated rings. The summed E-state index contributed by atoms with van der Waals surface area (Å²) in [5, 5.41) is 6.92. The van der Waals surface area contributed by atoms with Gasteiger partial charge in [-0.3, -0.25) is 0 Å². The average Bonchev–Trinajstić information content (AvgIpc) is 2.61. The van der Waals surface area contributed by atoms with Crippen LogP contribution >= 0.6 is 24.8 Å². The summed E-state index contributed by atoms with van der Waals surface area (Å²) in [6.45, 7) is 2.69. The highest BCUT2D eigenvalue weighted by Crippen LogP contribution is 2.33. The van der Waals surface area contributed by atoms with E-state index >= 15 is 0 Å². The Labute approximate surface area is 167 Å². The van der Waals surface area contributed by atoms with E-state index in [1.165, 1.54) is 36.0 Å². The van der Waals surface area contributed by atoms with E-state index in [0.29, 0.717) is 17.6 Å². The number of rotatable bonds is 3. The number of nitrogens with one attached hydrogen (secondary N) is 2. The van der Waals surface area contributed by atoms with E-state index in [2.05, 4.69) is 47.0 Å². The standard InChI is InChI=1S/C20H23N3O.2ClH/c1-13-20(21)23-18-11-14(9-10-19(18)24-13)12-22-17-8-4-6-15-5-2-3-7-16(15)17;;/h2-3,5,7,9-11,17,22-23H,4,6,8,12,21H2,1H3;2*1H. The van der Waals surface area contributed by atoms with Crippen LogP contribution in [-0.2, 0) is 13.0 Å². The fourth-order valence-corrected chi connectivity index (χ4v) is 3.53. The third-order valence-corrected chi connectivity index (χ3v) is 4.88. The van der Waals surface area contributed by atoms with Crippen molar-refractivity contribution < 1.29 is 4.74 Å². The Morgan fingerprint density at radius 2 is 2.00 bits per heavy atom. The molecule has 2 aromatic rings. The fraction of sp³-hybridized carbons (Fsp3) is 0.300. The molecule has 4 N–H and O–H groups in total. The highest BCUT2D eigenvalue weighted by molar-refractivity contribution is 5.85. The second-order valence-corrected chi connectivity index (χ2v) is 6.55. The first-order valence-corrected chi connectivity index (χ1v) is 8.56. The van der Waals surface area contributed by atoms with Crippen LogP contribution in [0.2, 0.25) is 0 Å². The molecule has 0 saturated heterocycles. The Morgan fingerprint density at radius 3 is 2.85 bits per heavy atom. The number of fused-ring (bicyclic) bond motifs is 2. The van der Waals surface area contributed by atoms with Gasteiger partial charge in [0.05, 0.1) is 5.69 Å². The molecule has 1 atom stereocenters. The van der Waals surface area contributed by atoms with Gasteiger partial charge in [0.1, 0.15) is 11.6 Å². The number of ether oxygens (including phenoxy) is 1. The molecule has 0 saturated carbocycles. The number of benzene rings is 2. The van der Waals surface area contributed by atoms with Crippen molar-refractivity contribution in [3.63, 3.8) is 0 Å². The molecule has 0 aromatic heterocycles. The van der Waals surface area contributed by atoms with Crippen LogP contribution in [0.5, 0.6) is 5.75 Å². The number of hydrogen-bond acceptors (Lipinski definition) is 4. The molecular weight excluding hydrogens is 369 g/mol. The highest BCUT2D eigenvalue weighted by atomic mass is 35.5. The van der Waals surface area contributed by atoms with Crippen molar-refractivity contribution in [1.29, 1.82) is 0 Å². The highest BCUT2D eigenvalue weighted by Gasteiger charge is 2.19. The number of anilines is 1. The van der Waals surface area contributed by atoms with Gasteiger partial charge in [0.15, 0.2) is 5.75 Å². The molecule has 1 aliphatic heterocycles. The predicted molar refractivity (Wildman–Crippen MR) is 111 cm³/mol. The minimum absolute atomic E-state index is 0. The van der Waals surface area contributed by atoms with E-state index in [1.54, 1.807) is 0 Å². The Kier molecular flexibility index (Phi) is 6.81. The van der Waals surface area contributed by atoms with Crippen molar-refractivity contribution in [2.24, 2.45) is 5.73 Å².